The van der Waals surface area contributed by atoms with Crippen LogP contribution in [0.1, 0.15) is 22.3 Å². The SMILES string of the molecule is Cc1cc2oc(=O)cc(COC(=O)[C@H](Cc3ccccc3)NC(N)=O)c2cc1C. The van der Waals surface area contributed by atoms with E-state index < -0.39 is 23.7 Å². The van der Waals surface area contributed by atoms with Crippen LogP contribution in [0.3, 0.4) is 0 Å². The fourth-order valence-electron chi connectivity index (χ4n) is 3.07. The van der Waals surface area contributed by atoms with Gasteiger partial charge in [0.05, 0.1) is 0 Å². The van der Waals surface area contributed by atoms with Gasteiger partial charge in [-0.3, -0.25) is 0 Å². The number of urea groups is 1. The van der Waals surface area contributed by atoms with Crippen LogP contribution in [0.25, 0.3) is 11.0 Å². The van der Waals surface area contributed by atoms with E-state index in [9.17, 15) is 14.4 Å². The van der Waals surface area contributed by atoms with Crippen molar-refractivity contribution in [2.45, 2.75) is 32.9 Å². The van der Waals surface area contributed by atoms with Crippen LogP contribution in [0, 0.1) is 13.8 Å². The molecule has 7 nitrogen and oxygen atoms in total. The highest BCUT2D eigenvalue weighted by molar-refractivity contribution is 5.84. The number of benzene rings is 2. The van der Waals surface area contributed by atoms with Gasteiger partial charge >= 0.3 is 17.6 Å². The summed E-state index contributed by atoms with van der Waals surface area (Å²) in [5.41, 5.74) is 8.51. The predicted molar refractivity (Wildman–Crippen MR) is 108 cm³/mol. The second-order valence-electron chi connectivity index (χ2n) is 6.88. The largest absolute Gasteiger partial charge is 0.459 e. The van der Waals surface area contributed by atoms with Crippen molar-refractivity contribution in [3.63, 3.8) is 0 Å². The molecule has 0 aliphatic rings. The second kappa shape index (κ2) is 8.60. The van der Waals surface area contributed by atoms with Crippen LogP contribution in [0.2, 0.25) is 0 Å². The van der Waals surface area contributed by atoms with E-state index in [1.165, 1.54) is 6.07 Å². The first-order valence-corrected chi connectivity index (χ1v) is 9.14. The monoisotopic (exact) mass is 394 g/mol. The van der Waals surface area contributed by atoms with Crippen LogP contribution < -0.4 is 16.7 Å². The Bertz CT molecular complexity index is 1110. The summed E-state index contributed by atoms with van der Waals surface area (Å²) in [5.74, 6) is -0.641. The Morgan fingerprint density at radius 1 is 1.10 bits per heavy atom. The van der Waals surface area contributed by atoms with E-state index in [-0.39, 0.29) is 13.0 Å². The molecule has 3 aromatic rings. The third-order valence-corrected chi connectivity index (χ3v) is 4.70. The zero-order valence-electron chi connectivity index (χ0n) is 16.2. The van der Waals surface area contributed by atoms with Crippen molar-refractivity contribution >= 4 is 23.0 Å². The molecule has 3 N–H and O–H groups in total. The lowest BCUT2D eigenvalue weighted by molar-refractivity contribution is -0.147. The minimum Gasteiger partial charge on any atom is -0.459 e. The second-order valence-corrected chi connectivity index (χ2v) is 6.88. The number of ether oxygens (including phenoxy) is 1. The Balaban J connectivity index is 1.81. The average molecular weight is 394 g/mol. The average Bonchev–Trinajstić information content (AvgIpc) is 2.67. The van der Waals surface area contributed by atoms with Crippen molar-refractivity contribution < 1.29 is 18.7 Å². The first-order chi connectivity index (χ1) is 13.8. The summed E-state index contributed by atoms with van der Waals surface area (Å²) in [5, 5.41) is 3.11. The quantitative estimate of drug-likeness (QED) is 0.493. The van der Waals surface area contributed by atoms with E-state index in [0.29, 0.717) is 16.5 Å². The normalized spacial score (nSPS) is 11.8. The van der Waals surface area contributed by atoms with Crippen LogP contribution in [-0.4, -0.2) is 18.0 Å². The lowest BCUT2D eigenvalue weighted by Crippen LogP contribution is -2.45. The van der Waals surface area contributed by atoms with Crippen molar-refractivity contribution in [2.24, 2.45) is 5.73 Å². The predicted octanol–water partition coefficient (Wildman–Crippen LogP) is 2.73. The fourth-order valence-corrected chi connectivity index (χ4v) is 3.07. The van der Waals surface area contributed by atoms with Gasteiger partial charge in [-0.25, -0.2) is 14.4 Å². The topological polar surface area (TPSA) is 112 Å². The van der Waals surface area contributed by atoms with Gasteiger partial charge in [-0.05, 0) is 42.7 Å². The summed E-state index contributed by atoms with van der Waals surface area (Å²) >= 11 is 0. The van der Waals surface area contributed by atoms with Gasteiger partial charge in [-0.15, -0.1) is 0 Å². The molecule has 7 heteroatoms. The van der Waals surface area contributed by atoms with Crippen molar-refractivity contribution in [2.75, 3.05) is 0 Å². The number of carbonyl (C=O) groups is 2. The number of amides is 2. The van der Waals surface area contributed by atoms with E-state index in [4.69, 9.17) is 14.9 Å². The summed E-state index contributed by atoms with van der Waals surface area (Å²) in [6.45, 7) is 3.74. The van der Waals surface area contributed by atoms with E-state index in [1.807, 2.05) is 50.2 Å². The molecule has 1 aromatic heterocycles. The van der Waals surface area contributed by atoms with Gasteiger partial charge in [-0.2, -0.15) is 0 Å². The van der Waals surface area contributed by atoms with Crippen LogP contribution in [0.5, 0.6) is 0 Å². The van der Waals surface area contributed by atoms with Crippen molar-refractivity contribution in [1.29, 1.82) is 0 Å². The summed E-state index contributed by atoms with van der Waals surface area (Å²) in [7, 11) is 0. The van der Waals surface area contributed by atoms with E-state index >= 15 is 0 Å². The van der Waals surface area contributed by atoms with Gasteiger partial charge in [0.15, 0.2) is 0 Å². The van der Waals surface area contributed by atoms with Gasteiger partial charge in [0, 0.05) is 23.4 Å². The molecule has 0 spiro atoms. The van der Waals surface area contributed by atoms with Crippen LogP contribution in [0.15, 0.2) is 57.7 Å². The Kier molecular flexibility index (Phi) is 5.97. The highest BCUT2D eigenvalue weighted by Crippen LogP contribution is 2.22. The summed E-state index contributed by atoms with van der Waals surface area (Å²) < 4.78 is 10.7. The molecule has 0 aliphatic heterocycles. The third kappa shape index (κ3) is 5.01. The van der Waals surface area contributed by atoms with Gasteiger partial charge in [0.25, 0.3) is 0 Å². The molecule has 0 bridgehead atoms. The molecule has 0 radical (unpaired) electrons. The maximum Gasteiger partial charge on any atom is 0.336 e. The van der Waals surface area contributed by atoms with E-state index in [2.05, 4.69) is 5.32 Å². The molecule has 0 unspecified atom stereocenters. The van der Waals surface area contributed by atoms with Crippen molar-refractivity contribution in [3.05, 3.63) is 81.2 Å². The molecule has 2 aromatic carbocycles. The molecule has 3 rings (SSSR count). The minimum atomic E-state index is -0.940. The number of hydrogen-bond acceptors (Lipinski definition) is 5. The highest BCUT2D eigenvalue weighted by Gasteiger charge is 2.22. The number of fused-ring (bicyclic) bond motifs is 1. The zero-order valence-corrected chi connectivity index (χ0v) is 16.2. The number of rotatable bonds is 6. The molecule has 1 atom stereocenters. The Morgan fingerprint density at radius 3 is 2.48 bits per heavy atom. The molecular weight excluding hydrogens is 372 g/mol. The maximum absolute atomic E-state index is 12.6. The maximum atomic E-state index is 12.6. The standard InChI is InChI=1S/C22H22N2O5/c1-13-8-17-16(11-20(25)29-19(17)9-14(13)2)12-28-21(26)18(24-22(23)27)10-15-6-4-3-5-7-15/h3-9,11,18H,10,12H2,1-2H3,(H3,23,24,27)/t18-/m0/s1. The van der Waals surface area contributed by atoms with Crippen LogP contribution in [-0.2, 0) is 22.6 Å². The van der Waals surface area contributed by atoms with E-state index in [1.54, 1.807) is 6.07 Å². The number of esters is 1. The van der Waals surface area contributed by atoms with E-state index in [0.717, 1.165) is 16.7 Å². The molecule has 150 valence electrons. The third-order valence-electron chi connectivity index (χ3n) is 4.70. The first kappa shape index (κ1) is 20.1. The summed E-state index contributed by atoms with van der Waals surface area (Å²) in [6, 6.07) is 12.4. The molecule has 0 fully saturated rings. The van der Waals surface area contributed by atoms with Crippen LogP contribution >= 0.6 is 0 Å². The Labute approximate surface area is 167 Å². The molecule has 0 saturated heterocycles. The zero-order chi connectivity index (χ0) is 21.0. The molecule has 0 aliphatic carbocycles. The number of primary amides is 1. The highest BCUT2D eigenvalue weighted by atomic mass is 16.5. The summed E-state index contributed by atoms with van der Waals surface area (Å²) in [6.07, 6.45) is 0.235. The number of aryl methyl sites for hydroxylation is 2. The van der Waals surface area contributed by atoms with Gasteiger partial charge < -0.3 is 20.2 Å². The van der Waals surface area contributed by atoms with Crippen molar-refractivity contribution in [1.82, 2.24) is 5.32 Å². The first-order valence-electron chi connectivity index (χ1n) is 9.14. The van der Waals surface area contributed by atoms with Crippen LogP contribution in [0.4, 0.5) is 4.79 Å². The molecule has 0 saturated carbocycles. The van der Waals surface area contributed by atoms with Gasteiger partial charge in [0.2, 0.25) is 0 Å². The summed E-state index contributed by atoms with van der Waals surface area (Å²) in [4.78, 5) is 35.8. The number of carbonyl (C=O) groups excluding carboxylic acids is 2. The smallest absolute Gasteiger partial charge is 0.336 e. The molecular formula is C22H22N2O5. The number of hydrogen-bond donors (Lipinski definition) is 2. The van der Waals surface area contributed by atoms with Gasteiger partial charge in [0.1, 0.15) is 18.2 Å². The van der Waals surface area contributed by atoms with Crippen molar-refractivity contribution in [3.8, 4) is 0 Å². The lowest BCUT2D eigenvalue weighted by Gasteiger charge is -2.17. The fraction of sp³-hybridized carbons (Fsp3) is 0.227. The molecule has 29 heavy (non-hydrogen) atoms. The molecule has 2 amide bonds. The number of nitrogens with two attached hydrogens (primary N) is 1. The Hall–Kier alpha value is -3.61. The number of nitrogens with one attached hydrogen (secondary N) is 1. The Morgan fingerprint density at radius 2 is 1.79 bits per heavy atom. The van der Waals surface area contributed by atoms with Gasteiger partial charge in [-0.1, -0.05) is 30.3 Å². The minimum absolute atomic E-state index is 0.130. The lowest BCUT2D eigenvalue weighted by atomic mass is 10.0. The molecule has 1 heterocycles.